The van der Waals surface area contributed by atoms with Crippen molar-refractivity contribution in [3.8, 4) is 0 Å². The fraction of sp³-hybridized carbons (Fsp3) is 0. The number of nitrogens with zero attached hydrogens (tertiary/aromatic N) is 5. The lowest BCUT2D eigenvalue weighted by molar-refractivity contribution is -0.402. The molecule has 4 rings (SSSR count). The molecule has 0 saturated carbocycles. The third-order valence-corrected chi connectivity index (χ3v) is 3.84. The maximum Gasteiger partial charge on any atom is 0.433 e. The van der Waals surface area contributed by atoms with Crippen LogP contribution in [0.2, 0.25) is 0 Å². The predicted octanol–water partition coefficient (Wildman–Crippen LogP) is 4.31. The predicted molar refractivity (Wildman–Crippen MR) is 116 cm³/mol. The summed E-state index contributed by atoms with van der Waals surface area (Å²) in [4.78, 5) is 23.0. The lowest BCUT2D eigenvalue weighted by atomic mass is 10.3. The average Bonchev–Trinajstić information content (AvgIpc) is 3.24. The number of nitrogens with one attached hydrogen (secondary N) is 3. The largest absolute Gasteiger partial charge is 0.433 e. The average molecular weight is 416 g/mol. The number of rotatable bonds is 8. The van der Waals surface area contributed by atoms with Crippen molar-refractivity contribution in [3.05, 3.63) is 88.7 Å². The summed E-state index contributed by atoms with van der Waals surface area (Å²) >= 11 is 0. The first-order chi connectivity index (χ1) is 15.2. The summed E-state index contributed by atoms with van der Waals surface area (Å²) in [5.74, 6) is 0.588. The summed E-state index contributed by atoms with van der Waals surface area (Å²) < 4.78 is 5.02. The number of benzene rings is 2. The molecule has 0 aliphatic carbocycles. The van der Waals surface area contributed by atoms with Crippen molar-refractivity contribution in [1.82, 2.24) is 15.0 Å². The smallest absolute Gasteiger partial charge is 0.400 e. The summed E-state index contributed by atoms with van der Waals surface area (Å²) in [6.07, 6.45) is 1.28. The van der Waals surface area contributed by atoms with Crippen molar-refractivity contribution in [2.45, 2.75) is 0 Å². The molecule has 0 unspecified atom stereocenters. The van der Waals surface area contributed by atoms with E-state index < -0.39 is 4.92 Å². The molecule has 0 fully saturated rings. The SMILES string of the molecule is O=[N+]([O-])c1ccc(/C=N/Nc2nc(Nc3ccccc3)nc(Nc3ccccc3)n2)o1. The van der Waals surface area contributed by atoms with Crippen LogP contribution < -0.4 is 16.1 Å². The highest BCUT2D eigenvalue weighted by Gasteiger charge is 2.11. The van der Waals surface area contributed by atoms with Gasteiger partial charge in [-0.15, -0.1) is 0 Å². The molecule has 0 atom stereocenters. The van der Waals surface area contributed by atoms with Crippen LogP contribution in [0.15, 0.2) is 82.3 Å². The number of para-hydroxylation sites is 2. The minimum absolute atomic E-state index is 0.157. The Labute approximate surface area is 176 Å². The second kappa shape index (κ2) is 9.13. The Balaban J connectivity index is 1.55. The highest BCUT2D eigenvalue weighted by Crippen LogP contribution is 2.18. The van der Waals surface area contributed by atoms with Gasteiger partial charge in [-0.2, -0.15) is 20.1 Å². The third kappa shape index (κ3) is 5.38. The number of nitro groups is 1. The number of anilines is 5. The second-order valence-electron chi connectivity index (χ2n) is 6.09. The van der Waals surface area contributed by atoms with E-state index in [0.717, 1.165) is 11.4 Å². The van der Waals surface area contributed by atoms with Gasteiger partial charge in [-0.1, -0.05) is 36.4 Å². The fourth-order valence-electron chi connectivity index (χ4n) is 2.50. The van der Waals surface area contributed by atoms with Crippen molar-refractivity contribution < 1.29 is 9.34 Å². The standard InChI is InChI=1S/C20H16N8O3/c29-28(30)17-12-11-16(31-17)13-21-27-20-25-18(22-14-7-3-1-4-8-14)24-19(26-20)23-15-9-5-2-6-10-15/h1-13H,(H3,22,23,24,25,26,27)/b21-13+. The quantitative estimate of drug-likeness (QED) is 0.217. The number of hydrogen-bond donors (Lipinski definition) is 3. The van der Waals surface area contributed by atoms with Crippen LogP contribution in [-0.2, 0) is 0 Å². The molecule has 3 N–H and O–H groups in total. The van der Waals surface area contributed by atoms with E-state index in [0.29, 0.717) is 11.9 Å². The van der Waals surface area contributed by atoms with Gasteiger partial charge in [-0.3, -0.25) is 10.1 Å². The van der Waals surface area contributed by atoms with Crippen molar-refractivity contribution in [2.75, 3.05) is 16.1 Å². The molecule has 154 valence electrons. The van der Waals surface area contributed by atoms with Gasteiger partial charge in [0.25, 0.3) is 0 Å². The highest BCUT2D eigenvalue weighted by atomic mass is 16.6. The van der Waals surface area contributed by atoms with Gasteiger partial charge in [0.1, 0.15) is 4.92 Å². The van der Waals surface area contributed by atoms with Crippen LogP contribution in [0.4, 0.5) is 35.1 Å². The first-order valence-corrected chi connectivity index (χ1v) is 9.09. The van der Waals surface area contributed by atoms with Gasteiger partial charge >= 0.3 is 5.88 Å². The Hall–Kier alpha value is -4.80. The highest BCUT2D eigenvalue weighted by molar-refractivity contribution is 5.76. The van der Waals surface area contributed by atoms with Gasteiger partial charge in [-0.05, 0) is 30.3 Å². The molecule has 2 heterocycles. The van der Waals surface area contributed by atoms with Crippen molar-refractivity contribution in [2.24, 2.45) is 5.10 Å². The molecule has 0 radical (unpaired) electrons. The molecule has 2 aromatic carbocycles. The minimum Gasteiger partial charge on any atom is -0.400 e. The van der Waals surface area contributed by atoms with E-state index in [1.165, 1.54) is 18.3 Å². The topological polar surface area (TPSA) is 143 Å². The van der Waals surface area contributed by atoms with E-state index in [1.807, 2.05) is 60.7 Å². The zero-order chi connectivity index (χ0) is 21.5. The van der Waals surface area contributed by atoms with Gasteiger partial charge in [0.05, 0.1) is 12.3 Å². The molecular formula is C20H16N8O3. The lowest BCUT2D eigenvalue weighted by Gasteiger charge is -2.10. The maximum atomic E-state index is 10.7. The van der Waals surface area contributed by atoms with Gasteiger partial charge in [0, 0.05) is 11.4 Å². The van der Waals surface area contributed by atoms with E-state index in [2.05, 4.69) is 36.1 Å². The number of furan rings is 1. The van der Waals surface area contributed by atoms with Crippen molar-refractivity contribution in [3.63, 3.8) is 0 Å². The van der Waals surface area contributed by atoms with E-state index in [-0.39, 0.29) is 17.6 Å². The van der Waals surface area contributed by atoms with Gasteiger partial charge < -0.3 is 15.1 Å². The molecule has 0 amide bonds. The maximum absolute atomic E-state index is 10.7. The molecule has 11 nitrogen and oxygen atoms in total. The van der Waals surface area contributed by atoms with Crippen LogP contribution >= 0.6 is 0 Å². The van der Waals surface area contributed by atoms with Crippen LogP contribution in [-0.4, -0.2) is 26.1 Å². The molecule has 0 bridgehead atoms. The van der Waals surface area contributed by atoms with E-state index in [4.69, 9.17) is 4.42 Å². The van der Waals surface area contributed by atoms with Gasteiger partial charge in [0.15, 0.2) is 5.76 Å². The Morgan fingerprint density at radius 3 is 1.87 bits per heavy atom. The first kappa shape index (κ1) is 19.5. The summed E-state index contributed by atoms with van der Waals surface area (Å²) in [7, 11) is 0. The molecule has 0 spiro atoms. The Morgan fingerprint density at radius 1 is 0.806 bits per heavy atom. The fourth-order valence-corrected chi connectivity index (χ4v) is 2.50. The monoisotopic (exact) mass is 416 g/mol. The van der Waals surface area contributed by atoms with E-state index in [1.54, 1.807) is 0 Å². The zero-order valence-electron chi connectivity index (χ0n) is 16.0. The molecule has 0 saturated heterocycles. The Bertz CT molecular complexity index is 1140. The van der Waals surface area contributed by atoms with Gasteiger partial charge in [-0.25, -0.2) is 5.43 Å². The van der Waals surface area contributed by atoms with E-state index in [9.17, 15) is 10.1 Å². The second-order valence-corrected chi connectivity index (χ2v) is 6.09. The molecule has 4 aromatic rings. The summed E-state index contributed by atoms with van der Waals surface area (Å²) in [5, 5.41) is 20.9. The molecule has 2 aromatic heterocycles. The third-order valence-electron chi connectivity index (χ3n) is 3.84. The van der Waals surface area contributed by atoms with Crippen LogP contribution in [0.1, 0.15) is 5.76 Å². The van der Waals surface area contributed by atoms with Crippen LogP contribution in [0.3, 0.4) is 0 Å². The molecule has 31 heavy (non-hydrogen) atoms. The van der Waals surface area contributed by atoms with E-state index >= 15 is 0 Å². The minimum atomic E-state index is -0.625. The van der Waals surface area contributed by atoms with Crippen LogP contribution in [0, 0.1) is 10.1 Å². The molecule has 11 heteroatoms. The zero-order valence-corrected chi connectivity index (χ0v) is 16.0. The van der Waals surface area contributed by atoms with Crippen LogP contribution in [0.25, 0.3) is 0 Å². The number of hydrogen-bond acceptors (Lipinski definition) is 10. The Kier molecular flexibility index (Phi) is 5.75. The lowest BCUT2D eigenvalue weighted by Crippen LogP contribution is -2.07. The molecular weight excluding hydrogens is 400 g/mol. The number of hydrazone groups is 1. The first-order valence-electron chi connectivity index (χ1n) is 9.09. The summed E-state index contributed by atoms with van der Waals surface area (Å²) in [6, 6.07) is 21.5. The summed E-state index contributed by atoms with van der Waals surface area (Å²) in [6.45, 7) is 0. The molecule has 0 aliphatic heterocycles. The normalized spacial score (nSPS) is 10.7. The molecule has 0 aliphatic rings. The van der Waals surface area contributed by atoms with Crippen LogP contribution in [0.5, 0.6) is 0 Å². The van der Waals surface area contributed by atoms with Gasteiger partial charge in [0.2, 0.25) is 17.8 Å². The van der Waals surface area contributed by atoms with Crippen molar-refractivity contribution >= 4 is 41.3 Å². The summed E-state index contributed by atoms with van der Waals surface area (Å²) in [5.41, 5.74) is 4.29. The van der Waals surface area contributed by atoms with Crippen molar-refractivity contribution in [1.29, 1.82) is 0 Å². The Morgan fingerprint density at radius 2 is 1.35 bits per heavy atom. The number of aromatic nitrogens is 3.